The van der Waals surface area contributed by atoms with Gasteiger partial charge in [-0.1, -0.05) is 12.1 Å². The van der Waals surface area contributed by atoms with E-state index in [-0.39, 0.29) is 11.7 Å². The number of carbonyl (C=O) groups is 1. The predicted molar refractivity (Wildman–Crippen MR) is 82.5 cm³/mol. The van der Waals surface area contributed by atoms with Crippen molar-refractivity contribution in [3.05, 3.63) is 35.1 Å². The fourth-order valence-corrected chi connectivity index (χ4v) is 2.81. The molecule has 1 atom stereocenters. The van der Waals surface area contributed by atoms with Crippen molar-refractivity contribution in [1.82, 2.24) is 10.2 Å². The zero-order valence-electron chi connectivity index (χ0n) is 13.0. The normalized spacial score (nSPS) is 16.9. The number of carbonyl (C=O) groups excluding carboxylic acids is 1. The molecule has 1 N–H and O–H groups in total. The lowest BCUT2D eigenvalue weighted by Crippen LogP contribution is -2.32. The molecular weight excluding hydrogens is 267 g/mol. The molecule has 4 heteroatoms. The van der Waals surface area contributed by atoms with Crippen LogP contribution in [0.2, 0.25) is 0 Å². The van der Waals surface area contributed by atoms with Crippen molar-refractivity contribution in [2.75, 3.05) is 13.1 Å². The Hall–Kier alpha value is -1.42. The summed E-state index contributed by atoms with van der Waals surface area (Å²) in [5, 5.41) is 2.91. The number of rotatable bonds is 6. The minimum Gasteiger partial charge on any atom is -0.352 e. The standard InChI is InChI=1S/C17H25FN2O/c1-13-11-15(6-7-16(13)18)12-19-17(21)8-5-14(2)20-9-3-4-10-20/h6-7,11,14H,3-5,8-10,12H2,1-2H3,(H,19,21). The molecule has 0 radical (unpaired) electrons. The molecule has 1 aliphatic heterocycles. The molecule has 1 saturated heterocycles. The Labute approximate surface area is 126 Å². The van der Waals surface area contributed by atoms with Gasteiger partial charge in [-0.05, 0) is 63.4 Å². The third kappa shape index (κ3) is 4.81. The van der Waals surface area contributed by atoms with E-state index in [0.29, 0.717) is 24.6 Å². The molecule has 0 aliphatic carbocycles. The summed E-state index contributed by atoms with van der Waals surface area (Å²) in [5.41, 5.74) is 1.55. The predicted octanol–water partition coefficient (Wildman–Crippen LogP) is 3.01. The average molecular weight is 292 g/mol. The van der Waals surface area contributed by atoms with Crippen LogP contribution in [0.5, 0.6) is 0 Å². The largest absolute Gasteiger partial charge is 0.352 e. The molecule has 1 aromatic rings. The van der Waals surface area contributed by atoms with Crippen molar-refractivity contribution in [2.24, 2.45) is 0 Å². The number of hydrogen-bond acceptors (Lipinski definition) is 2. The van der Waals surface area contributed by atoms with E-state index in [1.165, 1.54) is 18.9 Å². The second-order valence-corrected chi connectivity index (χ2v) is 5.99. The minimum atomic E-state index is -0.204. The first kappa shape index (κ1) is 16.0. The Balaban J connectivity index is 1.70. The summed E-state index contributed by atoms with van der Waals surface area (Å²) >= 11 is 0. The topological polar surface area (TPSA) is 32.3 Å². The molecule has 1 aromatic carbocycles. The van der Waals surface area contributed by atoms with Crippen LogP contribution in [0.3, 0.4) is 0 Å². The highest BCUT2D eigenvalue weighted by atomic mass is 19.1. The van der Waals surface area contributed by atoms with Crippen LogP contribution in [0.1, 0.15) is 43.7 Å². The number of halogens is 1. The summed E-state index contributed by atoms with van der Waals surface area (Å²) in [6, 6.07) is 5.43. The lowest BCUT2D eigenvalue weighted by molar-refractivity contribution is -0.121. The third-order valence-electron chi connectivity index (χ3n) is 4.27. The van der Waals surface area contributed by atoms with Crippen LogP contribution < -0.4 is 5.32 Å². The Kier molecular flexibility index (Phi) is 5.74. The number of amides is 1. The molecule has 0 spiro atoms. The first-order valence-electron chi connectivity index (χ1n) is 7.82. The monoisotopic (exact) mass is 292 g/mol. The van der Waals surface area contributed by atoms with Gasteiger partial charge in [0.25, 0.3) is 0 Å². The molecule has 0 bridgehead atoms. The van der Waals surface area contributed by atoms with Gasteiger partial charge in [-0.2, -0.15) is 0 Å². The van der Waals surface area contributed by atoms with E-state index in [0.717, 1.165) is 25.1 Å². The highest BCUT2D eigenvalue weighted by Crippen LogP contribution is 2.15. The maximum absolute atomic E-state index is 13.2. The van der Waals surface area contributed by atoms with Gasteiger partial charge in [0, 0.05) is 19.0 Å². The molecule has 1 aliphatic rings. The van der Waals surface area contributed by atoms with Crippen molar-refractivity contribution in [3.63, 3.8) is 0 Å². The van der Waals surface area contributed by atoms with Gasteiger partial charge in [0.1, 0.15) is 5.82 Å². The zero-order chi connectivity index (χ0) is 15.2. The van der Waals surface area contributed by atoms with Gasteiger partial charge in [-0.15, -0.1) is 0 Å². The van der Waals surface area contributed by atoms with E-state index >= 15 is 0 Å². The summed E-state index contributed by atoms with van der Waals surface area (Å²) in [4.78, 5) is 14.3. The maximum Gasteiger partial charge on any atom is 0.220 e. The van der Waals surface area contributed by atoms with Crippen LogP contribution in [0.25, 0.3) is 0 Å². The molecule has 2 rings (SSSR count). The number of benzene rings is 1. The highest BCUT2D eigenvalue weighted by molar-refractivity contribution is 5.75. The SMILES string of the molecule is Cc1cc(CNC(=O)CCC(C)N2CCCC2)ccc1F. The molecule has 1 unspecified atom stereocenters. The summed E-state index contributed by atoms with van der Waals surface area (Å²) < 4.78 is 13.2. The van der Waals surface area contributed by atoms with E-state index in [4.69, 9.17) is 0 Å². The lowest BCUT2D eigenvalue weighted by Gasteiger charge is -2.23. The first-order chi connectivity index (χ1) is 10.1. The molecular formula is C17H25FN2O. The van der Waals surface area contributed by atoms with Crippen LogP contribution >= 0.6 is 0 Å². The Morgan fingerprint density at radius 3 is 2.76 bits per heavy atom. The molecule has 0 aromatic heterocycles. The minimum absolute atomic E-state index is 0.0722. The van der Waals surface area contributed by atoms with Crippen molar-refractivity contribution < 1.29 is 9.18 Å². The number of nitrogens with one attached hydrogen (secondary N) is 1. The quantitative estimate of drug-likeness (QED) is 0.874. The van der Waals surface area contributed by atoms with Crippen LogP contribution in [0.4, 0.5) is 4.39 Å². The molecule has 21 heavy (non-hydrogen) atoms. The van der Waals surface area contributed by atoms with E-state index < -0.39 is 0 Å². The highest BCUT2D eigenvalue weighted by Gasteiger charge is 2.18. The van der Waals surface area contributed by atoms with E-state index in [1.807, 2.05) is 0 Å². The first-order valence-corrected chi connectivity index (χ1v) is 7.82. The second-order valence-electron chi connectivity index (χ2n) is 5.99. The van der Waals surface area contributed by atoms with E-state index in [2.05, 4.69) is 17.1 Å². The van der Waals surface area contributed by atoms with Crippen molar-refractivity contribution >= 4 is 5.91 Å². The molecule has 1 amide bonds. The van der Waals surface area contributed by atoms with Crippen molar-refractivity contribution in [3.8, 4) is 0 Å². The van der Waals surface area contributed by atoms with Gasteiger partial charge < -0.3 is 10.2 Å². The molecule has 1 heterocycles. The lowest BCUT2D eigenvalue weighted by atomic mass is 10.1. The van der Waals surface area contributed by atoms with Crippen LogP contribution in [0, 0.1) is 12.7 Å². The Morgan fingerprint density at radius 2 is 2.10 bits per heavy atom. The molecule has 1 fully saturated rings. The summed E-state index contributed by atoms with van der Waals surface area (Å²) in [6.45, 7) is 6.73. The number of aryl methyl sites for hydroxylation is 1. The smallest absolute Gasteiger partial charge is 0.220 e. The van der Waals surface area contributed by atoms with Gasteiger partial charge in [0.05, 0.1) is 0 Å². The maximum atomic E-state index is 13.2. The Bertz CT molecular complexity index is 484. The second kappa shape index (κ2) is 7.55. The van der Waals surface area contributed by atoms with Crippen molar-refractivity contribution in [1.29, 1.82) is 0 Å². The van der Waals surface area contributed by atoms with Gasteiger partial charge in [-0.3, -0.25) is 4.79 Å². The van der Waals surface area contributed by atoms with Gasteiger partial charge in [0.2, 0.25) is 5.91 Å². The van der Waals surface area contributed by atoms with Crippen LogP contribution in [-0.2, 0) is 11.3 Å². The zero-order valence-corrected chi connectivity index (χ0v) is 13.0. The van der Waals surface area contributed by atoms with Gasteiger partial charge in [0.15, 0.2) is 0 Å². The average Bonchev–Trinajstić information content (AvgIpc) is 3.00. The number of nitrogens with zero attached hydrogens (tertiary/aromatic N) is 1. The summed E-state index contributed by atoms with van der Waals surface area (Å²) in [7, 11) is 0. The molecule has 3 nitrogen and oxygen atoms in total. The van der Waals surface area contributed by atoms with Crippen LogP contribution in [-0.4, -0.2) is 29.9 Å². The third-order valence-corrected chi connectivity index (χ3v) is 4.27. The molecule has 116 valence electrons. The Morgan fingerprint density at radius 1 is 1.38 bits per heavy atom. The van der Waals surface area contributed by atoms with Crippen LogP contribution in [0.15, 0.2) is 18.2 Å². The molecule has 0 saturated carbocycles. The van der Waals surface area contributed by atoms with Gasteiger partial charge >= 0.3 is 0 Å². The summed E-state index contributed by atoms with van der Waals surface area (Å²) in [5.74, 6) is -0.132. The van der Waals surface area contributed by atoms with E-state index in [1.54, 1.807) is 19.1 Å². The van der Waals surface area contributed by atoms with Gasteiger partial charge in [-0.25, -0.2) is 4.39 Å². The fourth-order valence-electron chi connectivity index (χ4n) is 2.81. The number of likely N-dealkylation sites (tertiary alicyclic amines) is 1. The van der Waals surface area contributed by atoms with Crippen molar-refractivity contribution in [2.45, 2.75) is 52.1 Å². The fraction of sp³-hybridized carbons (Fsp3) is 0.588. The summed E-state index contributed by atoms with van der Waals surface area (Å²) in [6.07, 6.45) is 4.01. The number of hydrogen-bond donors (Lipinski definition) is 1. The van der Waals surface area contributed by atoms with E-state index in [9.17, 15) is 9.18 Å².